The normalized spacial score (nSPS) is 28.1. The van der Waals surface area contributed by atoms with E-state index in [1.54, 1.807) is 0 Å². The summed E-state index contributed by atoms with van der Waals surface area (Å²) in [6.45, 7) is 8.92. The molecule has 1 spiro atoms. The molecule has 0 amide bonds. The molecule has 0 bridgehead atoms. The molecule has 3 heteroatoms. The second-order valence-electron chi connectivity index (χ2n) is 7.08. The van der Waals surface area contributed by atoms with Gasteiger partial charge in [0.25, 0.3) is 0 Å². The molecule has 0 aliphatic carbocycles. The van der Waals surface area contributed by atoms with Gasteiger partial charge in [0, 0.05) is 25.1 Å². The highest BCUT2D eigenvalue weighted by atomic mass is 16.5. The minimum atomic E-state index is -0.388. The standard InChI is InChI=1S/C18H27NO2/c1-14-8-15(2)10-16(9-14)17(20)11-19-6-3-4-18(12-19)5-7-21-13-18/h8-10,17,20H,3-7,11-13H2,1-2H3. The van der Waals surface area contributed by atoms with Crippen LogP contribution in [0.1, 0.15) is 42.1 Å². The van der Waals surface area contributed by atoms with E-state index in [4.69, 9.17) is 4.74 Å². The number of likely N-dealkylation sites (tertiary alicyclic amines) is 1. The Bertz CT molecular complexity index is 474. The summed E-state index contributed by atoms with van der Waals surface area (Å²) in [6, 6.07) is 6.37. The fourth-order valence-electron chi connectivity index (χ4n) is 3.99. The average Bonchev–Trinajstić information content (AvgIpc) is 2.85. The zero-order valence-electron chi connectivity index (χ0n) is 13.3. The van der Waals surface area contributed by atoms with Crippen LogP contribution in [-0.2, 0) is 4.74 Å². The molecule has 2 aliphatic rings. The van der Waals surface area contributed by atoms with E-state index in [1.807, 2.05) is 0 Å². The van der Waals surface area contributed by atoms with Gasteiger partial charge < -0.3 is 9.84 Å². The summed E-state index contributed by atoms with van der Waals surface area (Å²) in [5.74, 6) is 0. The number of nitrogens with zero attached hydrogens (tertiary/aromatic N) is 1. The van der Waals surface area contributed by atoms with Crippen molar-refractivity contribution in [3.8, 4) is 0 Å². The molecule has 1 aromatic rings. The van der Waals surface area contributed by atoms with E-state index in [0.717, 1.165) is 38.4 Å². The molecule has 116 valence electrons. The monoisotopic (exact) mass is 289 g/mol. The van der Waals surface area contributed by atoms with Gasteiger partial charge in [-0.15, -0.1) is 0 Å². The van der Waals surface area contributed by atoms with Gasteiger partial charge in [0.05, 0.1) is 12.7 Å². The molecule has 2 unspecified atom stereocenters. The quantitative estimate of drug-likeness (QED) is 0.929. The molecule has 3 nitrogen and oxygen atoms in total. The maximum Gasteiger partial charge on any atom is 0.0917 e. The Morgan fingerprint density at radius 3 is 2.67 bits per heavy atom. The van der Waals surface area contributed by atoms with E-state index in [0.29, 0.717) is 5.41 Å². The SMILES string of the molecule is Cc1cc(C)cc(C(O)CN2CCCC3(CCOC3)C2)c1. The molecule has 3 rings (SSSR count). The van der Waals surface area contributed by atoms with Gasteiger partial charge in [-0.3, -0.25) is 4.90 Å². The van der Waals surface area contributed by atoms with Crippen LogP contribution in [-0.4, -0.2) is 42.9 Å². The molecule has 2 heterocycles. The number of aliphatic hydroxyl groups is 1. The zero-order valence-corrected chi connectivity index (χ0v) is 13.3. The predicted octanol–water partition coefficient (Wildman–Crippen LogP) is 2.84. The number of piperidine rings is 1. The molecule has 2 fully saturated rings. The van der Waals surface area contributed by atoms with Gasteiger partial charge in [-0.25, -0.2) is 0 Å². The van der Waals surface area contributed by atoms with E-state index in [2.05, 4.69) is 36.9 Å². The van der Waals surface area contributed by atoms with Gasteiger partial charge >= 0.3 is 0 Å². The Hall–Kier alpha value is -0.900. The molecule has 21 heavy (non-hydrogen) atoms. The summed E-state index contributed by atoms with van der Waals surface area (Å²) in [6.07, 6.45) is 3.30. The summed E-state index contributed by atoms with van der Waals surface area (Å²) in [7, 11) is 0. The first-order valence-electron chi connectivity index (χ1n) is 8.13. The van der Waals surface area contributed by atoms with Gasteiger partial charge in [-0.2, -0.15) is 0 Å². The molecule has 2 saturated heterocycles. The van der Waals surface area contributed by atoms with Gasteiger partial charge in [0.1, 0.15) is 0 Å². The number of benzene rings is 1. The first-order chi connectivity index (χ1) is 10.1. The lowest BCUT2D eigenvalue weighted by molar-refractivity contribution is 0.0361. The highest BCUT2D eigenvalue weighted by molar-refractivity contribution is 5.30. The van der Waals surface area contributed by atoms with Crippen LogP contribution in [0.4, 0.5) is 0 Å². The molecule has 1 aromatic carbocycles. The van der Waals surface area contributed by atoms with Crippen molar-refractivity contribution >= 4 is 0 Å². The summed E-state index contributed by atoms with van der Waals surface area (Å²) >= 11 is 0. The van der Waals surface area contributed by atoms with Crippen LogP contribution in [0.25, 0.3) is 0 Å². The Labute approximate surface area is 127 Å². The molecule has 0 radical (unpaired) electrons. The minimum absolute atomic E-state index is 0.362. The predicted molar refractivity (Wildman–Crippen MR) is 84.4 cm³/mol. The third kappa shape index (κ3) is 3.47. The van der Waals surface area contributed by atoms with E-state index in [9.17, 15) is 5.11 Å². The molecule has 2 atom stereocenters. The van der Waals surface area contributed by atoms with Crippen LogP contribution in [0.2, 0.25) is 0 Å². The number of ether oxygens (including phenoxy) is 1. The van der Waals surface area contributed by atoms with Crippen LogP contribution in [0.5, 0.6) is 0 Å². The van der Waals surface area contributed by atoms with E-state index in [1.165, 1.54) is 30.4 Å². The van der Waals surface area contributed by atoms with Crippen molar-refractivity contribution in [3.05, 3.63) is 34.9 Å². The molecule has 1 N–H and O–H groups in total. The van der Waals surface area contributed by atoms with Crippen molar-refractivity contribution in [2.45, 2.75) is 39.2 Å². The van der Waals surface area contributed by atoms with Gasteiger partial charge in [-0.05, 0) is 45.2 Å². The van der Waals surface area contributed by atoms with Crippen LogP contribution >= 0.6 is 0 Å². The molecule has 0 aromatic heterocycles. The maximum atomic E-state index is 10.6. The Balaban J connectivity index is 1.65. The third-order valence-corrected chi connectivity index (χ3v) is 4.99. The number of aryl methyl sites for hydroxylation is 2. The topological polar surface area (TPSA) is 32.7 Å². The van der Waals surface area contributed by atoms with Crippen molar-refractivity contribution in [2.24, 2.45) is 5.41 Å². The molecule has 0 saturated carbocycles. The average molecular weight is 289 g/mol. The maximum absolute atomic E-state index is 10.6. The van der Waals surface area contributed by atoms with E-state index in [-0.39, 0.29) is 6.10 Å². The van der Waals surface area contributed by atoms with Crippen LogP contribution in [0, 0.1) is 19.3 Å². The summed E-state index contributed by atoms with van der Waals surface area (Å²) in [5.41, 5.74) is 3.86. The number of aliphatic hydroxyl groups excluding tert-OH is 1. The zero-order chi connectivity index (χ0) is 14.9. The summed E-state index contributed by atoms with van der Waals surface area (Å²) < 4.78 is 5.62. The van der Waals surface area contributed by atoms with Crippen molar-refractivity contribution in [1.82, 2.24) is 4.90 Å². The lowest BCUT2D eigenvalue weighted by Gasteiger charge is -2.40. The van der Waals surface area contributed by atoms with Gasteiger partial charge in [0.15, 0.2) is 0 Å². The number of hydrogen-bond acceptors (Lipinski definition) is 3. The Kier molecular flexibility index (Phi) is 4.34. The number of hydrogen-bond donors (Lipinski definition) is 1. The van der Waals surface area contributed by atoms with Gasteiger partial charge in [-0.1, -0.05) is 29.3 Å². The Morgan fingerprint density at radius 2 is 2.00 bits per heavy atom. The van der Waals surface area contributed by atoms with Crippen molar-refractivity contribution in [3.63, 3.8) is 0 Å². The van der Waals surface area contributed by atoms with Crippen LogP contribution in [0.15, 0.2) is 18.2 Å². The van der Waals surface area contributed by atoms with Crippen LogP contribution in [0.3, 0.4) is 0 Å². The van der Waals surface area contributed by atoms with Gasteiger partial charge in [0.2, 0.25) is 0 Å². The van der Waals surface area contributed by atoms with Crippen molar-refractivity contribution in [2.75, 3.05) is 32.8 Å². The Morgan fingerprint density at radius 1 is 1.24 bits per heavy atom. The molecular formula is C18H27NO2. The number of rotatable bonds is 3. The molecular weight excluding hydrogens is 262 g/mol. The lowest BCUT2D eigenvalue weighted by atomic mass is 9.79. The summed E-state index contributed by atoms with van der Waals surface area (Å²) in [4.78, 5) is 2.43. The largest absolute Gasteiger partial charge is 0.387 e. The highest BCUT2D eigenvalue weighted by Crippen LogP contribution is 2.38. The second kappa shape index (κ2) is 6.07. The summed E-state index contributed by atoms with van der Waals surface area (Å²) in [5, 5.41) is 10.6. The minimum Gasteiger partial charge on any atom is -0.387 e. The van der Waals surface area contributed by atoms with E-state index < -0.39 is 0 Å². The first-order valence-corrected chi connectivity index (χ1v) is 8.13. The highest BCUT2D eigenvalue weighted by Gasteiger charge is 2.39. The fourth-order valence-corrected chi connectivity index (χ4v) is 3.99. The smallest absolute Gasteiger partial charge is 0.0917 e. The molecule has 2 aliphatic heterocycles. The van der Waals surface area contributed by atoms with Crippen molar-refractivity contribution in [1.29, 1.82) is 0 Å². The fraction of sp³-hybridized carbons (Fsp3) is 0.667. The van der Waals surface area contributed by atoms with Crippen LogP contribution < -0.4 is 0 Å². The van der Waals surface area contributed by atoms with E-state index >= 15 is 0 Å². The first kappa shape index (κ1) is 15.0. The number of β-amino-alcohol motifs (C(OH)–C–C–N with tert-alkyl or cyclic N) is 1. The van der Waals surface area contributed by atoms with Crippen molar-refractivity contribution < 1.29 is 9.84 Å². The lowest BCUT2D eigenvalue weighted by Crippen LogP contribution is -2.45. The third-order valence-electron chi connectivity index (χ3n) is 4.99. The second-order valence-corrected chi connectivity index (χ2v) is 7.08.